The van der Waals surface area contributed by atoms with E-state index in [-0.39, 0.29) is 12.1 Å². The number of aryl methyl sites for hydroxylation is 3. The van der Waals surface area contributed by atoms with Crippen molar-refractivity contribution in [1.82, 2.24) is 29.3 Å². The zero-order valence-corrected chi connectivity index (χ0v) is 16.6. The van der Waals surface area contributed by atoms with Gasteiger partial charge in [0.05, 0.1) is 11.9 Å². The highest BCUT2D eigenvalue weighted by Gasteiger charge is 2.13. The molecule has 0 atom stereocenters. The normalized spacial score (nSPS) is 11.0. The molecule has 10 heteroatoms. The first-order valence-electron chi connectivity index (χ1n) is 8.54. The monoisotopic (exact) mass is 400 g/mol. The zero-order chi connectivity index (χ0) is 20.3. The molecule has 0 amide bonds. The summed E-state index contributed by atoms with van der Waals surface area (Å²) in [4.78, 5) is 36.5. The molecule has 0 unspecified atom stereocenters. The lowest BCUT2D eigenvalue weighted by Crippen LogP contribution is -2.22. The van der Waals surface area contributed by atoms with Crippen molar-refractivity contribution in [1.29, 1.82) is 0 Å². The van der Waals surface area contributed by atoms with Gasteiger partial charge in [-0.1, -0.05) is 11.8 Å². The van der Waals surface area contributed by atoms with Gasteiger partial charge in [0.2, 0.25) is 0 Å². The predicted octanol–water partition coefficient (Wildman–Crippen LogP) is 1.35. The van der Waals surface area contributed by atoms with E-state index < -0.39 is 5.97 Å². The summed E-state index contributed by atoms with van der Waals surface area (Å²) in [7, 11) is 1.79. The Morgan fingerprint density at radius 1 is 1.21 bits per heavy atom. The number of hydrogen-bond acceptors (Lipinski definition) is 7. The molecule has 0 fully saturated rings. The molecule has 0 saturated carbocycles. The molecule has 0 aliphatic heterocycles. The Labute approximate surface area is 165 Å². The van der Waals surface area contributed by atoms with Crippen LogP contribution in [-0.2, 0) is 30.6 Å². The molecular weight excluding hydrogens is 380 g/mol. The maximum atomic E-state index is 12.5. The fourth-order valence-corrected chi connectivity index (χ4v) is 3.66. The Kier molecular flexibility index (Phi) is 5.88. The van der Waals surface area contributed by atoms with Crippen LogP contribution in [0.2, 0.25) is 0 Å². The largest absolute Gasteiger partial charge is 0.480 e. The van der Waals surface area contributed by atoms with Crippen LogP contribution in [0, 0.1) is 13.8 Å². The molecule has 0 saturated heterocycles. The molecule has 146 valence electrons. The molecule has 0 radical (unpaired) electrons. The molecule has 9 nitrogen and oxygen atoms in total. The van der Waals surface area contributed by atoms with Gasteiger partial charge in [0, 0.05) is 42.9 Å². The Morgan fingerprint density at radius 2 is 2.00 bits per heavy atom. The van der Waals surface area contributed by atoms with Crippen molar-refractivity contribution in [2.45, 2.75) is 37.7 Å². The minimum atomic E-state index is -1.01. The number of aliphatic carboxylic acids is 1. The Balaban J connectivity index is 1.87. The third-order valence-corrected chi connectivity index (χ3v) is 4.88. The Bertz CT molecular complexity index is 1060. The van der Waals surface area contributed by atoms with Crippen LogP contribution < -0.4 is 5.56 Å². The van der Waals surface area contributed by atoms with Crippen LogP contribution in [0.15, 0.2) is 34.6 Å². The van der Waals surface area contributed by atoms with E-state index in [1.165, 1.54) is 16.3 Å². The van der Waals surface area contributed by atoms with Gasteiger partial charge in [-0.05, 0) is 25.5 Å². The number of aromatic nitrogens is 6. The Hall–Kier alpha value is -3.01. The van der Waals surface area contributed by atoms with Gasteiger partial charge < -0.3 is 9.67 Å². The van der Waals surface area contributed by atoms with Crippen LogP contribution in [0.3, 0.4) is 0 Å². The fourth-order valence-electron chi connectivity index (χ4n) is 2.81. The second-order valence-electron chi connectivity index (χ2n) is 6.41. The van der Waals surface area contributed by atoms with Gasteiger partial charge >= 0.3 is 5.97 Å². The Morgan fingerprint density at radius 3 is 2.64 bits per heavy atom. The van der Waals surface area contributed by atoms with E-state index in [9.17, 15) is 14.7 Å². The molecule has 3 aromatic heterocycles. The average molecular weight is 400 g/mol. The summed E-state index contributed by atoms with van der Waals surface area (Å²) < 4.78 is 3.13. The van der Waals surface area contributed by atoms with Crippen LogP contribution in [0.1, 0.15) is 28.3 Å². The number of carbonyl (C=O) groups is 1. The third kappa shape index (κ3) is 5.03. The average Bonchev–Trinajstić information content (AvgIpc) is 3.00. The fraction of sp³-hybridized carbons (Fsp3) is 0.333. The van der Waals surface area contributed by atoms with E-state index in [4.69, 9.17) is 0 Å². The number of thioether (sulfide) groups is 1. The zero-order valence-electron chi connectivity index (χ0n) is 15.8. The summed E-state index contributed by atoms with van der Waals surface area (Å²) in [6, 6.07) is 1.86. The van der Waals surface area contributed by atoms with E-state index in [2.05, 4.69) is 20.1 Å². The molecule has 3 rings (SSSR count). The molecule has 0 spiro atoms. The van der Waals surface area contributed by atoms with Crippen molar-refractivity contribution in [3.8, 4) is 0 Å². The lowest BCUT2D eigenvalue weighted by atomic mass is 10.1. The number of hydrogen-bond donors (Lipinski definition) is 1. The molecule has 1 N–H and O–H groups in total. The second-order valence-corrected chi connectivity index (χ2v) is 7.35. The second kappa shape index (κ2) is 8.34. The van der Waals surface area contributed by atoms with Crippen molar-refractivity contribution >= 4 is 17.7 Å². The molecule has 0 aliphatic rings. The third-order valence-electron chi connectivity index (χ3n) is 3.86. The maximum absolute atomic E-state index is 12.5. The van der Waals surface area contributed by atoms with E-state index in [1.54, 1.807) is 24.1 Å². The van der Waals surface area contributed by atoms with Crippen molar-refractivity contribution < 1.29 is 9.90 Å². The summed E-state index contributed by atoms with van der Waals surface area (Å²) in [6.07, 6.45) is 5.39. The smallest absolute Gasteiger partial charge is 0.323 e. The molecule has 3 heterocycles. The molecular formula is C18H20N6O3S. The van der Waals surface area contributed by atoms with E-state index in [0.717, 1.165) is 17.0 Å². The number of nitrogens with zero attached hydrogens (tertiary/aromatic N) is 6. The van der Waals surface area contributed by atoms with Crippen molar-refractivity contribution in [2.75, 3.05) is 0 Å². The standard InChI is InChI=1S/C18H20N6O3S/c1-11-4-15(21-12(2)20-11)10-28-18-22-17(27)14(8-24(18)9-16(25)26)5-13-6-19-23(3)7-13/h4,6-8H,5,9-10H2,1-3H3,(H,25,26). The summed E-state index contributed by atoms with van der Waals surface area (Å²) in [5, 5.41) is 13.7. The SMILES string of the molecule is Cc1cc(CSc2nc(=O)c(Cc3cnn(C)c3)cn2CC(=O)O)nc(C)n1. The lowest BCUT2D eigenvalue weighted by Gasteiger charge is -2.12. The lowest BCUT2D eigenvalue weighted by molar-refractivity contribution is -0.137. The quantitative estimate of drug-likeness (QED) is 0.467. The van der Waals surface area contributed by atoms with Gasteiger partial charge in [0.25, 0.3) is 5.56 Å². The highest BCUT2D eigenvalue weighted by molar-refractivity contribution is 7.98. The number of rotatable bonds is 7. The van der Waals surface area contributed by atoms with Gasteiger partial charge in [0.15, 0.2) is 5.16 Å². The molecule has 0 aromatic carbocycles. The van der Waals surface area contributed by atoms with Crippen LogP contribution in [0.4, 0.5) is 0 Å². The van der Waals surface area contributed by atoms with Crippen molar-refractivity contribution in [2.24, 2.45) is 7.05 Å². The highest BCUT2D eigenvalue weighted by Crippen LogP contribution is 2.20. The first kappa shape index (κ1) is 19.7. The number of carboxylic acids is 1. The highest BCUT2D eigenvalue weighted by atomic mass is 32.2. The topological polar surface area (TPSA) is 116 Å². The molecule has 0 bridgehead atoms. The van der Waals surface area contributed by atoms with Gasteiger partial charge in [-0.15, -0.1) is 0 Å². The number of carboxylic acid groups (broad SMARTS) is 1. The first-order chi connectivity index (χ1) is 13.3. The van der Waals surface area contributed by atoms with Gasteiger partial charge in [-0.25, -0.2) is 9.97 Å². The first-order valence-corrected chi connectivity index (χ1v) is 9.52. The van der Waals surface area contributed by atoms with E-state index in [1.807, 2.05) is 26.1 Å². The predicted molar refractivity (Wildman–Crippen MR) is 103 cm³/mol. The summed E-state index contributed by atoms with van der Waals surface area (Å²) in [6.45, 7) is 3.42. The minimum absolute atomic E-state index is 0.280. The van der Waals surface area contributed by atoms with E-state index >= 15 is 0 Å². The molecule has 0 aliphatic carbocycles. The van der Waals surface area contributed by atoms with E-state index in [0.29, 0.717) is 28.7 Å². The summed E-state index contributed by atoms with van der Waals surface area (Å²) >= 11 is 1.27. The van der Waals surface area contributed by atoms with Crippen LogP contribution in [0.5, 0.6) is 0 Å². The minimum Gasteiger partial charge on any atom is -0.480 e. The van der Waals surface area contributed by atoms with Crippen LogP contribution in [-0.4, -0.2) is 40.4 Å². The van der Waals surface area contributed by atoms with Gasteiger partial charge in [-0.2, -0.15) is 10.1 Å². The molecule has 3 aromatic rings. The summed E-state index contributed by atoms with van der Waals surface area (Å²) in [5.74, 6) is 0.115. The van der Waals surface area contributed by atoms with Gasteiger partial charge in [0.1, 0.15) is 12.4 Å². The van der Waals surface area contributed by atoms with Crippen LogP contribution in [0.25, 0.3) is 0 Å². The maximum Gasteiger partial charge on any atom is 0.323 e. The van der Waals surface area contributed by atoms with Crippen molar-refractivity contribution in [3.05, 3.63) is 63.3 Å². The van der Waals surface area contributed by atoms with Crippen LogP contribution >= 0.6 is 11.8 Å². The molecule has 28 heavy (non-hydrogen) atoms. The summed E-state index contributed by atoms with van der Waals surface area (Å²) in [5.41, 5.74) is 2.56. The van der Waals surface area contributed by atoms with Gasteiger partial charge in [-0.3, -0.25) is 14.3 Å². The van der Waals surface area contributed by atoms with Crippen molar-refractivity contribution in [3.63, 3.8) is 0 Å².